The summed E-state index contributed by atoms with van der Waals surface area (Å²) in [6.07, 6.45) is -0.954. The molecule has 6 heteroatoms. The Balaban J connectivity index is 0. The fourth-order valence-electron chi connectivity index (χ4n) is 0.0577. The highest BCUT2D eigenvalue weighted by atomic mass is 16.7. The van der Waals surface area contributed by atoms with Gasteiger partial charge in [-0.2, -0.15) is 0 Å². The molecule has 0 aromatic carbocycles. The predicted molar refractivity (Wildman–Crippen MR) is 44.4 cm³/mol. The second kappa shape index (κ2) is 7.19. The lowest BCUT2D eigenvalue weighted by Crippen LogP contribution is -2.33. The molecule has 0 saturated heterocycles. The summed E-state index contributed by atoms with van der Waals surface area (Å²) in [5.74, 6) is -3.03. The van der Waals surface area contributed by atoms with E-state index in [0.29, 0.717) is 0 Å². The van der Waals surface area contributed by atoms with E-state index < -0.39 is 18.0 Å². The van der Waals surface area contributed by atoms with Crippen molar-refractivity contribution < 1.29 is 30.6 Å². The fraction of sp³-hybridized carbons (Fsp3) is 1.00. The first-order chi connectivity index (χ1) is 5.75. The molecule has 0 aromatic rings. The molecule has 0 heterocycles. The Morgan fingerprint density at radius 1 is 1.00 bits per heavy atom. The van der Waals surface area contributed by atoms with Crippen LogP contribution in [0.15, 0.2) is 0 Å². The largest absolute Gasteiger partial charge is 0.394 e. The highest BCUT2D eigenvalue weighted by Gasteiger charge is 2.22. The first kappa shape index (κ1) is 15.2. The molecule has 13 heavy (non-hydrogen) atoms. The molecule has 0 aromatic heterocycles. The van der Waals surface area contributed by atoms with Gasteiger partial charge in [0, 0.05) is 5.92 Å². The van der Waals surface area contributed by atoms with Gasteiger partial charge < -0.3 is 30.6 Å². The van der Waals surface area contributed by atoms with Gasteiger partial charge in [-0.3, -0.25) is 0 Å². The van der Waals surface area contributed by atoms with Gasteiger partial charge in [0.15, 0.2) is 0 Å². The zero-order chi connectivity index (χ0) is 11.1. The van der Waals surface area contributed by atoms with Crippen molar-refractivity contribution in [3.05, 3.63) is 0 Å². The normalized spacial score (nSPS) is 11.5. The SMILES string of the molecule is CC(C)C(O)(O)O.OCC(O)CO. The molecule has 0 amide bonds. The first-order valence-electron chi connectivity index (χ1n) is 3.82. The molecule has 0 atom stereocenters. The van der Waals surface area contributed by atoms with Crippen LogP contribution < -0.4 is 0 Å². The van der Waals surface area contributed by atoms with Crippen molar-refractivity contribution in [2.75, 3.05) is 13.2 Å². The molecule has 0 aliphatic heterocycles. The third-order valence-electron chi connectivity index (χ3n) is 1.20. The topological polar surface area (TPSA) is 121 Å². The summed E-state index contributed by atoms with van der Waals surface area (Å²) in [6.45, 7) is 2.27. The van der Waals surface area contributed by atoms with E-state index in [1.54, 1.807) is 0 Å². The minimum Gasteiger partial charge on any atom is -0.394 e. The highest BCUT2D eigenvalue weighted by molar-refractivity contribution is 4.50. The minimum absolute atomic E-state index is 0.365. The summed E-state index contributed by atoms with van der Waals surface area (Å²) < 4.78 is 0. The number of aliphatic hydroxyl groups excluding tert-OH is 3. The van der Waals surface area contributed by atoms with E-state index in [9.17, 15) is 0 Å². The second-order valence-electron chi connectivity index (χ2n) is 2.86. The molecule has 82 valence electrons. The van der Waals surface area contributed by atoms with Gasteiger partial charge in [-0.05, 0) is 0 Å². The molecule has 6 N–H and O–H groups in total. The molecular formula is C7H18O6. The summed E-state index contributed by atoms with van der Waals surface area (Å²) in [7, 11) is 0. The molecule has 0 rings (SSSR count). The van der Waals surface area contributed by atoms with Crippen molar-refractivity contribution in [3.63, 3.8) is 0 Å². The molecular weight excluding hydrogens is 180 g/mol. The molecule has 0 saturated carbocycles. The maximum Gasteiger partial charge on any atom is 0.277 e. The molecule has 0 spiro atoms. The number of rotatable bonds is 3. The Morgan fingerprint density at radius 2 is 1.23 bits per heavy atom. The fourth-order valence-corrected chi connectivity index (χ4v) is 0.0577. The summed E-state index contributed by atoms with van der Waals surface area (Å²) in [5.41, 5.74) is 0. The average molecular weight is 198 g/mol. The van der Waals surface area contributed by atoms with Gasteiger partial charge in [0.25, 0.3) is 5.97 Å². The van der Waals surface area contributed by atoms with Crippen molar-refractivity contribution in [1.29, 1.82) is 0 Å². The van der Waals surface area contributed by atoms with E-state index >= 15 is 0 Å². The third-order valence-corrected chi connectivity index (χ3v) is 1.20. The molecule has 0 unspecified atom stereocenters. The molecule has 0 fully saturated rings. The van der Waals surface area contributed by atoms with Crippen LogP contribution >= 0.6 is 0 Å². The van der Waals surface area contributed by atoms with Gasteiger partial charge in [0.05, 0.1) is 13.2 Å². The minimum atomic E-state index is -2.50. The van der Waals surface area contributed by atoms with Crippen LogP contribution in [0.4, 0.5) is 0 Å². The maximum absolute atomic E-state index is 8.21. The summed E-state index contributed by atoms with van der Waals surface area (Å²) in [4.78, 5) is 0. The van der Waals surface area contributed by atoms with Gasteiger partial charge in [-0.25, -0.2) is 0 Å². The van der Waals surface area contributed by atoms with Crippen LogP contribution in [0.2, 0.25) is 0 Å². The number of hydrogen-bond acceptors (Lipinski definition) is 6. The Hall–Kier alpha value is -0.240. The zero-order valence-electron chi connectivity index (χ0n) is 7.75. The molecule has 6 nitrogen and oxygen atoms in total. The van der Waals surface area contributed by atoms with Crippen LogP contribution in [0.1, 0.15) is 13.8 Å². The van der Waals surface area contributed by atoms with E-state index in [0.717, 1.165) is 0 Å². The highest BCUT2D eigenvalue weighted by Crippen LogP contribution is 2.06. The average Bonchev–Trinajstić information content (AvgIpc) is 2.02. The van der Waals surface area contributed by atoms with Crippen molar-refractivity contribution in [2.24, 2.45) is 5.92 Å². The maximum atomic E-state index is 8.21. The number of aliphatic hydroxyl groups is 6. The van der Waals surface area contributed by atoms with E-state index in [4.69, 9.17) is 30.6 Å². The van der Waals surface area contributed by atoms with Crippen LogP contribution in [0.5, 0.6) is 0 Å². The van der Waals surface area contributed by atoms with E-state index in [1.807, 2.05) is 0 Å². The molecule has 0 radical (unpaired) electrons. The van der Waals surface area contributed by atoms with Gasteiger partial charge >= 0.3 is 0 Å². The predicted octanol–water partition coefficient (Wildman–Crippen LogP) is -2.39. The van der Waals surface area contributed by atoms with Crippen LogP contribution in [0, 0.1) is 5.92 Å². The molecule has 0 bridgehead atoms. The van der Waals surface area contributed by atoms with Gasteiger partial charge in [0.1, 0.15) is 6.10 Å². The van der Waals surface area contributed by atoms with Gasteiger partial charge in [-0.15, -0.1) is 0 Å². The van der Waals surface area contributed by atoms with Crippen molar-refractivity contribution in [3.8, 4) is 0 Å². The number of hydrogen-bond donors (Lipinski definition) is 6. The monoisotopic (exact) mass is 198 g/mol. The van der Waals surface area contributed by atoms with Crippen LogP contribution in [0.25, 0.3) is 0 Å². The van der Waals surface area contributed by atoms with Crippen molar-refractivity contribution >= 4 is 0 Å². The Kier molecular flexibility index (Phi) is 8.43. The Labute approximate surface area is 76.7 Å². The second-order valence-corrected chi connectivity index (χ2v) is 2.86. The van der Waals surface area contributed by atoms with Crippen LogP contribution in [-0.4, -0.2) is 55.9 Å². The quantitative estimate of drug-likeness (QED) is 0.281. The van der Waals surface area contributed by atoms with Crippen LogP contribution in [0.3, 0.4) is 0 Å². The van der Waals surface area contributed by atoms with E-state index in [1.165, 1.54) is 13.8 Å². The van der Waals surface area contributed by atoms with Crippen molar-refractivity contribution in [1.82, 2.24) is 0 Å². The van der Waals surface area contributed by atoms with Crippen molar-refractivity contribution in [2.45, 2.75) is 25.9 Å². The summed E-state index contributed by atoms with van der Waals surface area (Å²) in [6, 6.07) is 0. The Morgan fingerprint density at radius 3 is 1.23 bits per heavy atom. The van der Waals surface area contributed by atoms with Crippen LogP contribution in [-0.2, 0) is 0 Å². The smallest absolute Gasteiger partial charge is 0.277 e. The lowest BCUT2D eigenvalue weighted by molar-refractivity contribution is -0.335. The lowest BCUT2D eigenvalue weighted by atomic mass is 10.2. The standard InChI is InChI=1S/C4H10O3.C3H8O3/c1-3(2)4(5,6)7;4-1-3(6)2-5/h3,5-7H,1-2H3;3-6H,1-2H2. The lowest BCUT2D eigenvalue weighted by Gasteiger charge is -2.16. The first-order valence-corrected chi connectivity index (χ1v) is 3.82. The van der Waals surface area contributed by atoms with Gasteiger partial charge in [-0.1, -0.05) is 13.8 Å². The summed E-state index contributed by atoms with van der Waals surface area (Å²) >= 11 is 0. The van der Waals surface area contributed by atoms with Gasteiger partial charge in [0.2, 0.25) is 0 Å². The zero-order valence-corrected chi connectivity index (χ0v) is 7.75. The molecule has 0 aliphatic rings. The summed E-state index contributed by atoms with van der Waals surface area (Å²) in [5, 5.41) is 48.6. The van der Waals surface area contributed by atoms with E-state index in [-0.39, 0.29) is 13.2 Å². The molecule has 0 aliphatic carbocycles. The van der Waals surface area contributed by atoms with E-state index in [2.05, 4.69) is 0 Å². The Bertz CT molecular complexity index is 104. The third kappa shape index (κ3) is 11.8.